The molecule has 4 atom stereocenters. The number of carbonyl (C=O) groups is 4. The average Bonchev–Trinajstić information content (AvgIpc) is 3.42. The maximum atomic E-state index is 13.8. The van der Waals surface area contributed by atoms with Crippen LogP contribution in [0, 0.1) is 0 Å². The standard InChI is InChI=1S/C29H36N4O5/c34-17-8-7-14-22-26(35)31-23(18-20-10-3-1-4-11-20)27(36)32-24(19-21-12-5-2-6-13-21)29(38)33-16-9-15-25(33)28(37)30-22/h1-6,10-13,22-25,34H,7-9,14-19H2,(H,30,37)(H,31,35)(H,32,36)/t22-,23+,24-,25+/m0/s1. The van der Waals surface area contributed by atoms with Crippen LogP contribution in [0.5, 0.6) is 0 Å². The first-order chi connectivity index (χ1) is 18.5. The van der Waals surface area contributed by atoms with E-state index in [0.29, 0.717) is 38.6 Å². The van der Waals surface area contributed by atoms with Crippen LogP contribution in [-0.2, 0) is 32.0 Å². The fourth-order valence-corrected chi connectivity index (χ4v) is 5.15. The molecule has 2 aliphatic rings. The summed E-state index contributed by atoms with van der Waals surface area (Å²) in [6.07, 6.45) is 2.98. The third-order valence-electron chi connectivity index (χ3n) is 7.19. The number of amides is 4. The summed E-state index contributed by atoms with van der Waals surface area (Å²) in [4.78, 5) is 55.7. The summed E-state index contributed by atoms with van der Waals surface area (Å²) in [5, 5.41) is 17.8. The molecule has 9 heteroatoms. The molecule has 2 saturated heterocycles. The molecule has 2 heterocycles. The van der Waals surface area contributed by atoms with Crippen molar-refractivity contribution in [1.29, 1.82) is 0 Å². The normalized spacial score (nSPS) is 24.5. The topological polar surface area (TPSA) is 128 Å². The molecule has 0 aliphatic carbocycles. The Morgan fingerprint density at radius 3 is 1.89 bits per heavy atom. The summed E-state index contributed by atoms with van der Waals surface area (Å²) >= 11 is 0. The van der Waals surface area contributed by atoms with Gasteiger partial charge in [-0.1, -0.05) is 60.7 Å². The molecular formula is C29H36N4O5. The second-order valence-corrected chi connectivity index (χ2v) is 9.97. The van der Waals surface area contributed by atoms with Crippen molar-refractivity contribution in [2.75, 3.05) is 13.2 Å². The molecule has 0 radical (unpaired) electrons. The van der Waals surface area contributed by atoms with Gasteiger partial charge >= 0.3 is 0 Å². The average molecular weight is 521 g/mol. The lowest BCUT2D eigenvalue weighted by molar-refractivity contribution is -0.143. The molecule has 2 aromatic rings. The van der Waals surface area contributed by atoms with Crippen LogP contribution in [0.1, 0.15) is 43.2 Å². The Bertz CT molecular complexity index is 1110. The van der Waals surface area contributed by atoms with Gasteiger partial charge in [-0.2, -0.15) is 0 Å². The molecule has 0 aromatic heterocycles. The smallest absolute Gasteiger partial charge is 0.246 e. The van der Waals surface area contributed by atoms with Crippen molar-refractivity contribution >= 4 is 23.6 Å². The predicted octanol–water partition coefficient (Wildman–Crippen LogP) is 1.09. The van der Waals surface area contributed by atoms with Crippen molar-refractivity contribution < 1.29 is 24.3 Å². The molecular weight excluding hydrogens is 484 g/mol. The number of benzene rings is 2. The van der Waals surface area contributed by atoms with E-state index in [4.69, 9.17) is 0 Å². The minimum absolute atomic E-state index is 0.0188. The molecule has 0 spiro atoms. The molecule has 38 heavy (non-hydrogen) atoms. The highest BCUT2D eigenvalue weighted by molar-refractivity contribution is 5.98. The van der Waals surface area contributed by atoms with E-state index in [-0.39, 0.29) is 31.3 Å². The molecule has 4 N–H and O–H groups in total. The lowest BCUT2D eigenvalue weighted by atomic mass is 10.0. The van der Waals surface area contributed by atoms with E-state index >= 15 is 0 Å². The van der Waals surface area contributed by atoms with Crippen molar-refractivity contribution in [2.24, 2.45) is 0 Å². The van der Waals surface area contributed by atoms with Gasteiger partial charge in [-0.05, 0) is 43.2 Å². The monoisotopic (exact) mass is 520 g/mol. The molecule has 0 unspecified atom stereocenters. The molecule has 2 aromatic carbocycles. The number of fused-ring (bicyclic) bond motifs is 1. The maximum absolute atomic E-state index is 13.8. The summed E-state index contributed by atoms with van der Waals surface area (Å²) in [5.74, 6) is -1.58. The Morgan fingerprint density at radius 2 is 1.26 bits per heavy atom. The highest BCUT2D eigenvalue weighted by atomic mass is 16.3. The van der Waals surface area contributed by atoms with Crippen LogP contribution in [-0.4, -0.2) is 71.0 Å². The second kappa shape index (κ2) is 13.2. The van der Waals surface area contributed by atoms with Gasteiger partial charge in [0.25, 0.3) is 0 Å². The van der Waals surface area contributed by atoms with Crippen LogP contribution in [0.15, 0.2) is 60.7 Å². The minimum atomic E-state index is -0.943. The number of nitrogens with zero attached hydrogens (tertiary/aromatic N) is 1. The Balaban J connectivity index is 1.66. The molecule has 2 aliphatic heterocycles. The van der Waals surface area contributed by atoms with Crippen LogP contribution in [0.3, 0.4) is 0 Å². The van der Waals surface area contributed by atoms with E-state index in [1.165, 1.54) is 0 Å². The largest absolute Gasteiger partial charge is 0.396 e. The van der Waals surface area contributed by atoms with Crippen LogP contribution in [0.2, 0.25) is 0 Å². The fourth-order valence-electron chi connectivity index (χ4n) is 5.15. The number of hydrogen-bond acceptors (Lipinski definition) is 5. The van der Waals surface area contributed by atoms with E-state index in [1.54, 1.807) is 4.90 Å². The van der Waals surface area contributed by atoms with Crippen molar-refractivity contribution in [3.8, 4) is 0 Å². The molecule has 202 valence electrons. The molecule has 0 saturated carbocycles. The van der Waals surface area contributed by atoms with Gasteiger partial charge in [-0.3, -0.25) is 19.2 Å². The summed E-state index contributed by atoms with van der Waals surface area (Å²) in [6, 6.07) is 15.3. The number of hydrogen-bond donors (Lipinski definition) is 4. The van der Waals surface area contributed by atoms with Crippen LogP contribution in [0.4, 0.5) is 0 Å². The first kappa shape index (κ1) is 27.3. The number of nitrogens with one attached hydrogen (secondary N) is 3. The Morgan fingerprint density at radius 1 is 0.711 bits per heavy atom. The van der Waals surface area contributed by atoms with E-state index in [9.17, 15) is 24.3 Å². The zero-order valence-electron chi connectivity index (χ0n) is 21.5. The molecule has 9 nitrogen and oxygen atoms in total. The first-order valence-corrected chi connectivity index (χ1v) is 13.4. The number of rotatable bonds is 8. The van der Waals surface area contributed by atoms with Crippen LogP contribution in [0.25, 0.3) is 0 Å². The maximum Gasteiger partial charge on any atom is 0.246 e. The Kier molecular flexibility index (Phi) is 9.48. The van der Waals surface area contributed by atoms with Crippen LogP contribution >= 0.6 is 0 Å². The summed E-state index contributed by atoms with van der Waals surface area (Å²) < 4.78 is 0. The van der Waals surface area contributed by atoms with E-state index in [1.807, 2.05) is 60.7 Å². The zero-order chi connectivity index (χ0) is 26.9. The highest BCUT2D eigenvalue weighted by Crippen LogP contribution is 2.21. The number of unbranched alkanes of at least 4 members (excludes halogenated alkanes) is 1. The Hall–Kier alpha value is -3.72. The third-order valence-corrected chi connectivity index (χ3v) is 7.19. The van der Waals surface area contributed by atoms with Crippen LogP contribution < -0.4 is 16.0 Å². The zero-order valence-corrected chi connectivity index (χ0v) is 21.5. The van der Waals surface area contributed by atoms with E-state index in [0.717, 1.165) is 11.1 Å². The highest BCUT2D eigenvalue weighted by Gasteiger charge is 2.40. The van der Waals surface area contributed by atoms with Crippen molar-refractivity contribution in [3.63, 3.8) is 0 Å². The third kappa shape index (κ3) is 6.98. The lowest BCUT2D eigenvalue weighted by Crippen LogP contribution is -2.62. The van der Waals surface area contributed by atoms with Gasteiger partial charge in [-0.25, -0.2) is 0 Å². The number of aliphatic hydroxyl groups excluding tert-OH is 1. The fraction of sp³-hybridized carbons (Fsp3) is 0.448. The summed E-state index contributed by atoms with van der Waals surface area (Å²) in [5.41, 5.74) is 1.73. The van der Waals surface area contributed by atoms with Crippen molar-refractivity contribution in [3.05, 3.63) is 71.8 Å². The van der Waals surface area contributed by atoms with Crippen molar-refractivity contribution in [1.82, 2.24) is 20.9 Å². The lowest BCUT2D eigenvalue weighted by Gasteiger charge is -2.32. The second-order valence-electron chi connectivity index (χ2n) is 9.97. The molecule has 2 fully saturated rings. The van der Waals surface area contributed by atoms with E-state index < -0.39 is 36.0 Å². The molecule has 0 bridgehead atoms. The quantitative estimate of drug-likeness (QED) is 0.388. The van der Waals surface area contributed by atoms with Gasteiger partial charge in [0.15, 0.2) is 0 Å². The Labute approximate surface area is 223 Å². The summed E-state index contributed by atoms with van der Waals surface area (Å²) in [7, 11) is 0. The predicted molar refractivity (Wildman–Crippen MR) is 142 cm³/mol. The van der Waals surface area contributed by atoms with Gasteiger partial charge in [0.2, 0.25) is 23.6 Å². The van der Waals surface area contributed by atoms with Crippen molar-refractivity contribution in [2.45, 2.75) is 69.1 Å². The van der Waals surface area contributed by atoms with Gasteiger partial charge in [0.1, 0.15) is 24.2 Å². The minimum Gasteiger partial charge on any atom is -0.396 e. The van der Waals surface area contributed by atoms with Gasteiger partial charge < -0.3 is 26.0 Å². The number of aliphatic hydroxyl groups is 1. The summed E-state index contributed by atoms with van der Waals surface area (Å²) in [6.45, 7) is 0.391. The van der Waals surface area contributed by atoms with E-state index in [2.05, 4.69) is 16.0 Å². The van der Waals surface area contributed by atoms with Gasteiger partial charge in [-0.15, -0.1) is 0 Å². The van der Waals surface area contributed by atoms with Gasteiger partial charge in [0, 0.05) is 26.0 Å². The molecule has 4 rings (SSSR count). The SMILES string of the molecule is O=C1N[C@H](Cc2ccccc2)C(=O)N[C@@H](Cc2ccccc2)C(=O)N2CCC[C@@H]2C(=O)N[C@H]1CCCCO. The number of carbonyl (C=O) groups excluding carboxylic acids is 4. The first-order valence-electron chi connectivity index (χ1n) is 13.4. The van der Waals surface area contributed by atoms with Gasteiger partial charge in [0.05, 0.1) is 0 Å². The molecule has 4 amide bonds.